The lowest BCUT2D eigenvalue weighted by Crippen LogP contribution is -2.21. The number of benzene rings is 1. The lowest BCUT2D eigenvalue weighted by atomic mass is 9.79. The highest BCUT2D eigenvalue weighted by atomic mass is 14.9. The molecule has 0 N–H and O–H groups in total. The smallest absolute Gasteiger partial charge is 0.107 e. The van der Waals surface area contributed by atoms with Crippen LogP contribution in [-0.2, 0) is 11.8 Å². The van der Waals surface area contributed by atoms with Crippen molar-refractivity contribution in [3.05, 3.63) is 65.2 Å². The van der Waals surface area contributed by atoms with Crippen molar-refractivity contribution in [1.29, 1.82) is 0 Å². The summed E-state index contributed by atoms with van der Waals surface area (Å²) in [6, 6.07) is 10.7. The van der Waals surface area contributed by atoms with Crippen molar-refractivity contribution in [1.82, 2.24) is 15.0 Å². The zero-order valence-electron chi connectivity index (χ0n) is 13.2. The molecule has 0 bridgehead atoms. The number of hydrogen-bond donors (Lipinski definition) is 0. The molecular weight excluding hydrogens is 270 g/mol. The molecule has 1 aromatic carbocycles. The number of fused-ring (bicyclic) bond motifs is 3. The molecule has 22 heavy (non-hydrogen) atoms. The molecule has 3 heteroatoms. The van der Waals surface area contributed by atoms with Crippen molar-refractivity contribution in [3.8, 4) is 0 Å². The molecule has 3 nitrogen and oxygen atoms in total. The predicted molar refractivity (Wildman–Crippen MR) is 88.0 cm³/mol. The van der Waals surface area contributed by atoms with Crippen LogP contribution < -0.4 is 0 Å². The Balaban J connectivity index is 2.02. The van der Waals surface area contributed by atoms with Crippen LogP contribution in [0.5, 0.6) is 0 Å². The Morgan fingerprint density at radius 1 is 1.05 bits per heavy atom. The predicted octanol–water partition coefficient (Wildman–Crippen LogP) is 4.01. The fourth-order valence-electron chi connectivity index (χ4n) is 3.59. The minimum absolute atomic E-state index is 0.0562. The normalized spacial score (nSPS) is 19.3. The standard InChI is InChI=1S/C19H19N3/c1-12-13-6-4-5-7-14(13)19(2,3)10-16-18(12)22-15-8-9-20-11-17(15)21-16/h4-9,11-12H,10H2,1-3H3. The quantitative estimate of drug-likeness (QED) is 0.627. The minimum Gasteiger partial charge on any atom is -0.262 e. The van der Waals surface area contributed by atoms with Gasteiger partial charge in [0.25, 0.3) is 0 Å². The minimum atomic E-state index is 0.0562. The summed E-state index contributed by atoms with van der Waals surface area (Å²) < 4.78 is 0. The van der Waals surface area contributed by atoms with E-state index in [1.54, 1.807) is 12.4 Å². The third-order valence-corrected chi connectivity index (χ3v) is 4.75. The molecule has 4 rings (SSSR count). The van der Waals surface area contributed by atoms with Crippen LogP contribution in [0.25, 0.3) is 11.0 Å². The Morgan fingerprint density at radius 2 is 1.86 bits per heavy atom. The highest BCUT2D eigenvalue weighted by Crippen LogP contribution is 2.40. The van der Waals surface area contributed by atoms with E-state index in [1.165, 1.54) is 11.1 Å². The molecule has 1 atom stereocenters. The molecule has 0 fully saturated rings. The lowest BCUT2D eigenvalue weighted by molar-refractivity contribution is 0.516. The number of rotatable bonds is 0. The molecule has 0 saturated carbocycles. The zero-order chi connectivity index (χ0) is 15.3. The van der Waals surface area contributed by atoms with E-state index in [2.05, 4.69) is 50.0 Å². The van der Waals surface area contributed by atoms with Crippen molar-refractivity contribution in [2.75, 3.05) is 0 Å². The fourth-order valence-corrected chi connectivity index (χ4v) is 3.59. The summed E-state index contributed by atoms with van der Waals surface area (Å²) in [6.07, 6.45) is 4.49. The molecule has 1 aliphatic carbocycles. The second-order valence-electron chi connectivity index (χ2n) is 6.79. The first-order chi connectivity index (χ1) is 10.6. The third kappa shape index (κ3) is 1.92. The van der Waals surface area contributed by atoms with Gasteiger partial charge >= 0.3 is 0 Å². The van der Waals surface area contributed by atoms with E-state index in [0.29, 0.717) is 0 Å². The SMILES string of the molecule is CC1c2ccccc2C(C)(C)Cc2nc3cnccc3nc21. The second-order valence-corrected chi connectivity index (χ2v) is 6.79. The van der Waals surface area contributed by atoms with Crippen molar-refractivity contribution >= 4 is 11.0 Å². The molecule has 0 saturated heterocycles. The van der Waals surface area contributed by atoms with Crippen LogP contribution >= 0.6 is 0 Å². The Morgan fingerprint density at radius 3 is 2.73 bits per heavy atom. The molecule has 2 aromatic heterocycles. The molecule has 1 unspecified atom stereocenters. The fraction of sp³-hybridized carbons (Fsp3) is 0.316. The Bertz CT molecular complexity index is 867. The van der Waals surface area contributed by atoms with Gasteiger partial charge in [0.2, 0.25) is 0 Å². The molecule has 0 radical (unpaired) electrons. The van der Waals surface area contributed by atoms with E-state index in [9.17, 15) is 0 Å². The van der Waals surface area contributed by atoms with Gasteiger partial charge in [-0.2, -0.15) is 0 Å². The van der Waals surface area contributed by atoms with Crippen LogP contribution in [0.4, 0.5) is 0 Å². The van der Waals surface area contributed by atoms with Gasteiger partial charge in [-0.25, -0.2) is 9.97 Å². The third-order valence-electron chi connectivity index (χ3n) is 4.75. The van der Waals surface area contributed by atoms with E-state index in [1.807, 2.05) is 6.07 Å². The summed E-state index contributed by atoms with van der Waals surface area (Å²) >= 11 is 0. The van der Waals surface area contributed by atoms with E-state index < -0.39 is 0 Å². The van der Waals surface area contributed by atoms with Crippen LogP contribution in [0.2, 0.25) is 0 Å². The van der Waals surface area contributed by atoms with Gasteiger partial charge in [0.15, 0.2) is 0 Å². The summed E-state index contributed by atoms with van der Waals surface area (Å²) in [5.41, 5.74) is 6.86. The molecular formula is C19H19N3. The van der Waals surface area contributed by atoms with Gasteiger partial charge in [-0.1, -0.05) is 45.0 Å². The molecule has 3 aromatic rings. The number of pyridine rings is 1. The van der Waals surface area contributed by atoms with Gasteiger partial charge in [-0.05, 0) is 22.6 Å². The highest BCUT2D eigenvalue weighted by molar-refractivity contribution is 5.73. The maximum absolute atomic E-state index is 4.92. The van der Waals surface area contributed by atoms with E-state index >= 15 is 0 Å². The highest BCUT2D eigenvalue weighted by Gasteiger charge is 2.33. The summed E-state index contributed by atoms with van der Waals surface area (Å²) in [4.78, 5) is 14.0. The monoisotopic (exact) mass is 289 g/mol. The maximum Gasteiger partial charge on any atom is 0.107 e. The zero-order valence-corrected chi connectivity index (χ0v) is 13.2. The molecule has 0 amide bonds. The van der Waals surface area contributed by atoms with Crippen LogP contribution in [-0.4, -0.2) is 15.0 Å². The van der Waals surface area contributed by atoms with Gasteiger partial charge in [-0.15, -0.1) is 0 Å². The van der Waals surface area contributed by atoms with Crippen molar-refractivity contribution in [2.24, 2.45) is 0 Å². The van der Waals surface area contributed by atoms with E-state index in [4.69, 9.17) is 9.97 Å². The van der Waals surface area contributed by atoms with Gasteiger partial charge in [0.05, 0.1) is 23.1 Å². The van der Waals surface area contributed by atoms with Crippen molar-refractivity contribution in [2.45, 2.75) is 38.5 Å². The summed E-state index contributed by atoms with van der Waals surface area (Å²) in [7, 11) is 0. The van der Waals surface area contributed by atoms with Crippen LogP contribution in [0.1, 0.15) is 49.2 Å². The first-order valence-electron chi connectivity index (χ1n) is 7.76. The number of aromatic nitrogens is 3. The topological polar surface area (TPSA) is 38.7 Å². The number of hydrogen-bond acceptors (Lipinski definition) is 3. The van der Waals surface area contributed by atoms with E-state index in [-0.39, 0.29) is 11.3 Å². The Labute approximate surface area is 130 Å². The molecule has 0 aliphatic heterocycles. The van der Waals surface area contributed by atoms with Crippen molar-refractivity contribution < 1.29 is 0 Å². The summed E-state index contributed by atoms with van der Waals surface area (Å²) in [6.45, 7) is 6.83. The van der Waals surface area contributed by atoms with Crippen molar-refractivity contribution in [3.63, 3.8) is 0 Å². The Kier molecular flexibility index (Phi) is 2.80. The van der Waals surface area contributed by atoms with Crippen LogP contribution in [0.15, 0.2) is 42.7 Å². The average molecular weight is 289 g/mol. The maximum atomic E-state index is 4.92. The first-order valence-corrected chi connectivity index (χ1v) is 7.76. The van der Waals surface area contributed by atoms with Crippen LogP contribution in [0.3, 0.4) is 0 Å². The van der Waals surface area contributed by atoms with Gasteiger partial charge in [0.1, 0.15) is 5.52 Å². The molecule has 110 valence electrons. The first kappa shape index (κ1) is 13.4. The van der Waals surface area contributed by atoms with Gasteiger partial charge < -0.3 is 0 Å². The summed E-state index contributed by atoms with van der Waals surface area (Å²) in [5.74, 6) is 0.262. The van der Waals surface area contributed by atoms with Gasteiger partial charge in [-0.3, -0.25) is 4.98 Å². The van der Waals surface area contributed by atoms with Crippen LogP contribution in [0, 0.1) is 0 Å². The van der Waals surface area contributed by atoms with E-state index in [0.717, 1.165) is 28.8 Å². The van der Waals surface area contributed by atoms with Gasteiger partial charge in [0, 0.05) is 18.5 Å². The molecule has 0 spiro atoms. The molecule has 1 aliphatic rings. The largest absolute Gasteiger partial charge is 0.262 e. The lowest BCUT2D eigenvalue weighted by Gasteiger charge is -2.25. The molecule has 2 heterocycles. The second kappa shape index (κ2) is 4.60. The summed E-state index contributed by atoms with van der Waals surface area (Å²) in [5, 5.41) is 0. The number of nitrogens with zero attached hydrogens (tertiary/aromatic N) is 3. The average Bonchev–Trinajstić information content (AvgIpc) is 2.60. The Hall–Kier alpha value is -2.29.